The van der Waals surface area contributed by atoms with E-state index < -0.39 is 0 Å². The van der Waals surface area contributed by atoms with Crippen LogP contribution in [0, 0.1) is 0 Å². The predicted molar refractivity (Wildman–Crippen MR) is 44.4 cm³/mol. The zero-order valence-electron chi connectivity index (χ0n) is 5.69. The molecule has 0 fully saturated rings. The molecule has 0 spiro atoms. The Kier molecular flexibility index (Phi) is 3.31. The van der Waals surface area contributed by atoms with Gasteiger partial charge in [-0.1, -0.05) is 11.8 Å². The second-order valence-electron chi connectivity index (χ2n) is 1.77. The van der Waals surface area contributed by atoms with Gasteiger partial charge in [0.1, 0.15) is 6.33 Å². The molecule has 1 rings (SSSR count). The molecule has 0 unspecified atom stereocenters. The second-order valence-corrected chi connectivity index (χ2v) is 3.89. The number of thioether (sulfide) groups is 1. The van der Waals surface area contributed by atoms with Gasteiger partial charge in [-0.25, -0.2) is 4.98 Å². The van der Waals surface area contributed by atoms with Crippen molar-refractivity contribution in [2.45, 2.75) is 10.8 Å². The molecule has 0 saturated heterocycles. The molecule has 1 aromatic heterocycles. The first-order valence-electron chi connectivity index (χ1n) is 2.97. The van der Waals surface area contributed by atoms with E-state index in [1.165, 1.54) is 29.6 Å². The Hall–Kier alpha value is -0.620. The lowest BCUT2D eigenvalue weighted by Crippen LogP contribution is -2.10. The molecule has 2 N–H and O–H groups in total. The molecule has 6 heteroatoms. The van der Waals surface area contributed by atoms with Crippen molar-refractivity contribution in [1.29, 1.82) is 0 Å². The van der Waals surface area contributed by atoms with Crippen LogP contribution in [0.1, 0.15) is 6.42 Å². The summed E-state index contributed by atoms with van der Waals surface area (Å²) < 4.78 is 4.69. The summed E-state index contributed by atoms with van der Waals surface area (Å²) in [5, 5.41) is 0. The van der Waals surface area contributed by atoms with Crippen LogP contribution in [0.4, 0.5) is 0 Å². The minimum atomic E-state index is -0.276. The van der Waals surface area contributed by atoms with Crippen molar-refractivity contribution in [3.63, 3.8) is 0 Å². The van der Waals surface area contributed by atoms with E-state index in [2.05, 4.69) is 9.36 Å². The third-order valence-corrected chi connectivity index (χ3v) is 2.71. The summed E-state index contributed by atoms with van der Waals surface area (Å²) in [6.45, 7) is 0. The Morgan fingerprint density at radius 2 is 2.64 bits per heavy atom. The van der Waals surface area contributed by atoms with E-state index in [0.717, 1.165) is 4.34 Å². The second kappa shape index (κ2) is 4.30. The van der Waals surface area contributed by atoms with Crippen molar-refractivity contribution >= 4 is 29.2 Å². The Morgan fingerprint density at radius 3 is 3.18 bits per heavy atom. The van der Waals surface area contributed by atoms with E-state index in [-0.39, 0.29) is 5.91 Å². The van der Waals surface area contributed by atoms with Crippen LogP contribution in [0.3, 0.4) is 0 Å². The van der Waals surface area contributed by atoms with Crippen LogP contribution in [0.5, 0.6) is 0 Å². The molecule has 0 atom stereocenters. The van der Waals surface area contributed by atoms with E-state index in [9.17, 15) is 4.79 Å². The number of hydrogen-bond acceptors (Lipinski definition) is 5. The summed E-state index contributed by atoms with van der Waals surface area (Å²) in [4.78, 5) is 14.2. The van der Waals surface area contributed by atoms with Crippen molar-refractivity contribution < 1.29 is 4.79 Å². The highest BCUT2D eigenvalue weighted by atomic mass is 32.2. The van der Waals surface area contributed by atoms with Gasteiger partial charge in [-0.3, -0.25) is 4.79 Å². The molecule has 1 amide bonds. The van der Waals surface area contributed by atoms with Crippen LogP contribution >= 0.6 is 23.3 Å². The zero-order chi connectivity index (χ0) is 8.10. The first-order chi connectivity index (χ1) is 5.29. The first-order valence-corrected chi connectivity index (χ1v) is 4.72. The maximum Gasteiger partial charge on any atom is 0.218 e. The van der Waals surface area contributed by atoms with Crippen LogP contribution in [0.15, 0.2) is 10.7 Å². The van der Waals surface area contributed by atoms with Crippen LogP contribution in [-0.4, -0.2) is 21.0 Å². The molecule has 1 heterocycles. The number of aromatic nitrogens is 2. The Balaban J connectivity index is 2.19. The van der Waals surface area contributed by atoms with Gasteiger partial charge in [0.15, 0.2) is 4.34 Å². The first kappa shape index (κ1) is 8.48. The van der Waals surface area contributed by atoms with Gasteiger partial charge in [0.2, 0.25) is 5.91 Å². The number of nitrogens with two attached hydrogens (primary N) is 1. The Bertz CT molecular complexity index is 224. The number of amides is 1. The third-order valence-electron chi connectivity index (χ3n) is 0.915. The average Bonchev–Trinajstić information content (AvgIpc) is 2.39. The average molecular weight is 189 g/mol. The molecule has 1 aromatic rings. The molecule has 0 aliphatic heterocycles. The molecule has 0 aliphatic carbocycles. The number of carbonyl (C=O) groups is 1. The van der Waals surface area contributed by atoms with E-state index >= 15 is 0 Å². The summed E-state index contributed by atoms with van der Waals surface area (Å²) >= 11 is 2.82. The normalized spacial score (nSPS) is 9.82. The fraction of sp³-hybridized carbons (Fsp3) is 0.400. The molecule has 60 valence electrons. The van der Waals surface area contributed by atoms with Crippen LogP contribution in [-0.2, 0) is 4.79 Å². The molecule has 0 aromatic carbocycles. The predicted octanol–water partition coefficient (Wildman–Crippen LogP) is 0.506. The Labute approximate surface area is 72.4 Å². The highest BCUT2D eigenvalue weighted by Gasteiger charge is 1.98. The van der Waals surface area contributed by atoms with Gasteiger partial charge in [0.25, 0.3) is 0 Å². The largest absolute Gasteiger partial charge is 0.370 e. The number of rotatable bonds is 4. The lowest BCUT2D eigenvalue weighted by Gasteiger charge is -1.91. The monoisotopic (exact) mass is 189 g/mol. The van der Waals surface area contributed by atoms with Gasteiger partial charge in [-0.2, -0.15) is 4.37 Å². The van der Waals surface area contributed by atoms with Crippen LogP contribution in [0.2, 0.25) is 0 Å². The molecule has 0 radical (unpaired) electrons. The molecule has 0 aliphatic rings. The van der Waals surface area contributed by atoms with Crippen molar-refractivity contribution in [1.82, 2.24) is 9.36 Å². The molecular weight excluding hydrogens is 182 g/mol. The van der Waals surface area contributed by atoms with E-state index in [1.54, 1.807) is 0 Å². The van der Waals surface area contributed by atoms with Crippen LogP contribution < -0.4 is 5.73 Å². The minimum Gasteiger partial charge on any atom is -0.370 e. The summed E-state index contributed by atoms with van der Waals surface area (Å²) in [6, 6.07) is 0. The summed E-state index contributed by atoms with van der Waals surface area (Å²) in [7, 11) is 0. The van der Waals surface area contributed by atoms with E-state index in [1.807, 2.05) is 0 Å². The topological polar surface area (TPSA) is 68.9 Å². The number of nitrogens with zero attached hydrogens (tertiary/aromatic N) is 2. The maximum atomic E-state index is 10.3. The van der Waals surface area contributed by atoms with Gasteiger partial charge in [0, 0.05) is 12.2 Å². The molecule has 11 heavy (non-hydrogen) atoms. The number of carbonyl (C=O) groups excluding carboxylic acids is 1. The van der Waals surface area contributed by atoms with Crippen LogP contribution in [0.25, 0.3) is 0 Å². The standard InChI is InChI=1S/C5H7N3OS2/c6-4(9)1-2-10-5-7-3-8-11-5/h3H,1-2H2,(H2,6,9). The molecule has 4 nitrogen and oxygen atoms in total. The molecular formula is C5H7N3OS2. The fourth-order valence-electron chi connectivity index (χ4n) is 0.465. The fourth-order valence-corrected chi connectivity index (χ4v) is 1.93. The number of hydrogen-bond donors (Lipinski definition) is 1. The van der Waals surface area contributed by atoms with E-state index in [0.29, 0.717) is 12.2 Å². The SMILES string of the molecule is NC(=O)CCSc1ncns1. The van der Waals surface area contributed by atoms with Gasteiger partial charge < -0.3 is 5.73 Å². The van der Waals surface area contributed by atoms with Crippen molar-refractivity contribution in [3.05, 3.63) is 6.33 Å². The summed E-state index contributed by atoms with van der Waals surface area (Å²) in [5.74, 6) is 0.409. The summed E-state index contributed by atoms with van der Waals surface area (Å²) in [5.41, 5.74) is 4.95. The van der Waals surface area contributed by atoms with Gasteiger partial charge in [0.05, 0.1) is 0 Å². The molecule has 0 saturated carbocycles. The quantitative estimate of drug-likeness (QED) is 0.700. The number of primary amides is 1. The van der Waals surface area contributed by atoms with E-state index in [4.69, 9.17) is 5.73 Å². The van der Waals surface area contributed by atoms with Crippen molar-refractivity contribution in [2.24, 2.45) is 5.73 Å². The van der Waals surface area contributed by atoms with Crippen molar-refractivity contribution in [2.75, 3.05) is 5.75 Å². The van der Waals surface area contributed by atoms with Gasteiger partial charge >= 0.3 is 0 Å². The highest BCUT2D eigenvalue weighted by Crippen LogP contribution is 2.18. The Morgan fingerprint density at radius 1 is 1.82 bits per heavy atom. The lowest BCUT2D eigenvalue weighted by atomic mass is 10.5. The third kappa shape index (κ3) is 3.33. The maximum absolute atomic E-state index is 10.3. The van der Waals surface area contributed by atoms with Gasteiger partial charge in [-0.15, -0.1) is 0 Å². The summed E-state index contributed by atoms with van der Waals surface area (Å²) in [6.07, 6.45) is 1.89. The highest BCUT2D eigenvalue weighted by molar-refractivity contribution is 8.00. The molecule has 0 bridgehead atoms. The van der Waals surface area contributed by atoms with Crippen molar-refractivity contribution in [3.8, 4) is 0 Å². The minimum absolute atomic E-state index is 0.276. The smallest absolute Gasteiger partial charge is 0.218 e. The zero-order valence-corrected chi connectivity index (χ0v) is 7.32. The van der Waals surface area contributed by atoms with Gasteiger partial charge in [-0.05, 0) is 11.5 Å². The lowest BCUT2D eigenvalue weighted by molar-refractivity contribution is -0.117.